The first-order valence-corrected chi connectivity index (χ1v) is 8.22. The quantitative estimate of drug-likeness (QED) is 0.786. The third kappa shape index (κ3) is 5.15. The third-order valence-electron chi connectivity index (χ3n) is 3.54. The van der Waals surface area contributed by atoms with Crippen LogP contribution in [0.2, 0.25) is 0 Å². The lowest BCUT2D eigenvalue weighted by molar-refractivity contribution is 0.666. The van der Waals surface area contributed by atoms with Gasteiger partial charge in [-0.25, -0.2) is 0 Å². The zero-order chi connectivity index (χ0) is 15.8. The molecule has 0 fully saturated rings. The molecule has 0 aliphatic heterocycles. The molecule has 0 aliphatic carbocycles. The van der Waals surface area contributed by atoms with E-state index in [2.05, 4.69) is 85.1 Å². The minimum absolute atomic E-state index is 0.360. The second kappa shape index (κ2) is 8.54. The van der Waals surface area contributed by atoms with Gasteiger partial charge in [0.05, 0.1) is 0 Å². The number of hydrogen-bond acceptors (Lipinski definition) is 1. The van der Waals surface area contributed by atoms with E-state index < -0.39 is 0 Å². The van der Waals surface area contributed by atoms with Crippen LogP contribution >= 0.6 is 12.2 Å². The number of nitrogens with one attached hydrogen (secondary N) is 2. The number of hydrogen-bond donors (Lipinski definition) is 2. The summed E-state index contributed by atoms with van der Waals surface area (Å²) in [6, 6.07) is 21.7. The van der Waals surface area contributed by atoms with Gasteiger partial charge in [-0.1, -0.05) is 60.7 Å². The molecule has 0 amide bonds. The smallest absolute Gasteiger partial charge is 0.166 e. The fourth-order valence-corrected chi connectivity index (χ4v) is 2.88. The zero-order valence-corrected chi connectivity index (χ0v) is 14.1. The van der Waals surface area contributed by atoms with Crippen LogP contribution in [0, 0.1) is 0 Å². The summed E-state index contributed by atoms with van der Waals surface area (Å²) in [4.78, 5) is 0. The summed E-state index contributed by atoms with van der Waals surface area (Å²) in [7, 11) is 0. The SMILES string of the molecule is CC(C)NC(=S)NCCC(c1ccccc1)c1ccccc1. The van der Waals surface area contributed by atoms with E-state index in [-0.39, 0.29) is 0 Å². The third-order valence-corrected chi connectivity index (χ3v) is 3.80. The van der Waals surface area contributed by atoms with Crippen molar-refractivity contribution in [1.82, 2.24) is 10.6 Å². The van der Waals surface area contributed by atoms with Crippen LogP contribution in [0.4, 0.5) is 0 Å². The van der Waals surface area contributed by atoms with Crippen molar-refractivity contribution in [3.63, 3.8) is 0 Å². The summed E-state index contributed by atoms with van der Waals surface area (Å²) < 4.78 is 0. The van der Waals surface area contributed by atoms with Gasteiger partial charge in [0.15, 0.2) is 5.11 Å². The fourth-order valence-electron chi connectivity index (χ4n) is 2.54. The monoisotopic (exact) mass is 312 g/mol. The van der Waals surface area contributed by atoms with Gasteiger partial charge >= 0.3 is 0 Å². The molecular formula is C19H24N2S. The van der Waals surface area contributed by atoms with Gasteiger partial charge < -0.3 is 10.6 Å². The summed E-state index contributed by atoms with van der Waals surface area (Å²) in [5.41, 5.74) is 2.69. The van der Waals surface area contributed by atoms with Crippen molar-refractivity contribution in [1.29, 1.82) is 0 Å². The second-order valence-corrected chi connectivity index (χ2v) is 6.13. The minimum atomic E-state index is 0.360. The van der Waals surface area contributed by atoms with E-state index >= 15 is 0 Å². The molecule has 2 aromatic carbocycles. The van der Waals surface area contributed by atoms with Crippen LogP contribution in [0.5, 0.6) is 0 Å². The highest BCUT2D eigenvalue weighted by Gasteiger charge is 2.13. The largest absolute Gasteiger partial charge is 0.363 e. The minimum Gasteiger partial charge on any atom is -0.363 e. The highest BCUT2D eigenvalue weighted by Crippen LogP contribution is 2.27. The van der Waals surface area contributed by atoms with Crippen LogP contribution in [0.1, 0.15) is 37.3 Å². The van der Waals surface area contributed by atoms with Crippen LogP contribution in [0.25, 0.3) is 0 Å². The van der Waals surface area contributed by atoms with Gasteiger partial charge in [0.2, 0.25) is 0 Å². The van der Waals surface area contributed by atoms with Crippen LogP contribution in [-0.2, 0) is 0 Å². The van der Waals surface area contributed by atoms with E-state index in [0.717, 1.165) is 18.1 Å². The number of thiocarbonyl (C=S) groups is 1. The van der Waals surface area contributed by atoms with Crippen LogP contribution < -0.4 is 10.6 Å². The molecule has 0 radical (unpaired) electrons. The Labute approximate surface area is 139 Å². The van der Waals surface area contributed by atoms with Crippen molar-refractivity contribution in [3.05, 3.63) is 71.8 Å². The van der Waals surface area contributed by atoms with E-state index in [1.807, 2.05) is 0 Å². The topological polar surface area (TPSA) is 24.1 Å². The maximum atomic E-state index is 5.29. The Morgan fingerprint density at radius 1 is 0.909 bits per heavy atom. The van der Waals surface area contributed by atoms with Crippen molar-refractivity contribution < 1.29 is 0 Å². The lowest BCUT2D eigenvalue weighted by atomic mass is 9.88. The Morgan fingerprint density at radius 2 is 1.41 bits per heavy atom. The van der Waals surface area contributed by atoms with Crippen LogP contribution in [0.3, 0.4) is 0 Å². The van der Waals surface area contributed by atoms with E-state index in [1.54, 1.807) is 0 Å². The maximum Gasteiger partial charge on any atom is 0.166 e. The highest BCUT2D eigenvalue weighted by molar-refractivity contribution is 7.80. The average molecular weight is 312 g/mol. The highest BCUT2D eigenvalue weighted by atomic mass is 32.1. The molecule has 0 bridgehead atoms. The summed E-state index contributed by atoms with van der Waals surface area (Å²) in [6.45, 7) is 5.03. The normalized spacial score (nSPS) is 10.7. The molecule has 0 saturated heterocycles. The molecule has 0 saturated carbocycles. The molecule has 0 aliphatic rings. The predicted octanol–water partition coefficient (Wildman–Crippen LogP) is 4.08. The number of rotatable bonds is 6. The molecule has 0 aromatic heterocycles. The summed E-state index contributed by atoms with van der Waals surface area (Å²) in [5, 5.41) is 7.25. The lowest BCUT2D eigenvalue weighted by Crippen LogP contribution is -2.39. The fraction of sp³-hybridized carbons (Fsp3) is 0.316. The Morgan fingerprint density at radius 3 is 1.86 bits per heavy atom. The molecule has 0 unspecified atom stereocenters. The molecule has 2 nitrogen and oxygen atoms in total. The Kier molecular flexibility index (Phi) is 6.41. The van der Waals surface area contributed by atoms with Crippen molar-refractivity contribution in [2.24, 2.45) is 0 Å². The Hall–Kier alpha value is -1.87. The van der Waals surface area contributed by atoms with Crippen LogP contribution in [-0.4, -0.2) is 17.7 Å². The first kappa shape index (κ1) is 16.5. The molecular weight excluding hydrogens is 288 g/mol. The van der Waals surface area contributed by atoms with E-state index in [9.17, 15) is 0 Å². The summed E-state index contributed by atoms with van der Waals surface area (Å²) >= 11 is 5.29. The molecule has 2 N–H and O–H groups in total. The first-order chi connectivity index (χ1) is 10.7. The standard InChI is InChI=1S/C19H24N2S/c1-15(2)21-19(22)20-14-13-18(16-9-5-3-6-10-16)17-11-7-4-8-12-17/h3-12,15,18H,13-14H2,1-2H3,(H2,20,21,22). The van der Waals surface area contributed by atoms with Gasteiger partial charge in [-0.3, -0.25) is 0 Å². The van der Waals surface area contributed by atoms with E-state index in [4.69, 9.17) is 12.2 Å². The second-order valence-electron chi connectivity index (χ2n) is 5.72. The van der Waals surface area contributed by atoms with Crippen molar-refractivity contribution in [2.45, 2.75) is 32.2 Å². The zero-order valence-electron chi connectivity index (χ0n) is 13.3. The van der Waals surface area contributed by atoms with Gasteiger partial charge in [0, 0.05) is 18.5 Å². The molecule has 2 rings (SSSR count). The van der Waals surface area contributed by atoms with Gasteiger partial charge in [-0.05, 0) is 43.6 Å². The first-order valence-electron chi connectivity index (χ1n) is 7.81. The molecule has 3 heteroatoms. The summed E-state index contributed by atoms with van der Waals surface area (Å²) in [5.74, 6) is 0.386. The maximum absolute atomic E-state index is 5.29. The van der Waals surface area contributed by atoms with Gasteiger partial charge in [0.1, 0.15) is 0 Å². The van der Waals surface area contributed by atoms with Crippen molar-refractivity contribution in [2.75, 3.05) is 6.54 Å². The number of benzene rings is 2. The molecule has 2 aromatic rings. The summed E-state index contributed by atoms with van der Waals surface area (Å²) in [6.07, 6.45) is 1.01. The molecule has 116 valence electrons. The average Bonchev–Trinajstić information content (AvgIpc) is 2.52. The van der Waals surface area contributed by atoms with Gasteiger partial charge in [0.25, 0.3) is 0 Å². The van der Waals surface area contributed by atoms with Gasteiger partial charge in [-0.15, -0.1) is 0 Å². The van der Waals surface area contributed by atoms with E-state index in [1.165, 1.54) is 11.1 Å². The van der Waals surface area contributed by atoms with Gasteiger partial charge in [-0.2, -0.15) is 0 Å². The molecule has 22 heavy (non-hydrogen) atoms. The molecule has 0 heterocycles. The lowest BCUT2D eigenvalue weighted by Gasteiger charge is -2.19. The van der Waals surface area contributed by atoms with Crippen molar-refractivity contribution >= 4 is 17.3 Å². The molecule has 0 atom stereocenters. The Balaban J connectivity index is 2.02. The Bertz CT molecular complexity index is 527. The predicted molar refractivity (Wildman–Crippen MR) is 98.2 cm³/mol. The van der Waals surface area contributed by atoms with Crippen molar-refractivity contribution in [3.8, 4) is 0 Å². The van der Waals surface area contributed by atoms with E-state index in [0.29, 0.717) is 12.0 Å². The molecule has 0 spiro atoms. The van der Waals surface area contributed by atoms with Crippen LogP contribution in [0.15, 0.2) is 60.7 Å².